The van der Waals surface area contributed by atoms with Crippen LogP contribution in [-0.2, 0) is 9.47 Å². The molecule has 0 heterocycles. The molecule has 1 aromatic rings. The maximum atomic E-state index is 8.51. The number of hydrogen-bond acceptors (Lipinski definition) is 5. The molecule has 0 saturated heterocycles. The number of benzene rings is 1. The predicted molar refractivity (Wildman–Crippen MR) is 75.8 cm³/mol. The van der Waals surface area contributed by atoms with Gasteiger partial charge < -0.3 is 19.5 Å². The second kappa shape index (κ2) is 7.13. The van der Waals surface area contributed by atoms with Crippen LogP contribution in [0.2, 0.25) is 0 Å². The number of nitrogens with one attached hydrogen (secondary N) is 1. The topological polar surface area (TPSA) is 63.5 Å². The molecule has 0 aromatic heterocycles. The number of methoxy groups -OCH3 is 1. The van der Waals surface area contributed by atoms with Crippen LogP contribution >= 0.6 is 0 Å². The van der Waals surface area contributed by atoms with E-state index in [1.807, 2.05) is 37.3 Å². The maximum absolute atomic E-state index is 8.51. The van der Waals surface area contributed by atoms with Gasteiger partial charge in [0, 0.05) is 25.5 Å². The van der Waals surface area contributed by atoms with Crippen molar-refractivity contribution in [3.63, 3.8) is 0 Å². The molecule has 0 radical (unpaired) electrons. The van der Waals surface area contributed by atoms with Gasteiger partial charge in [0.1, 0.15) is 17.9 Å². The van der Waals surface area contributed by atoms with Gasteiger partial charge in [-0.25, -0.2) is 0 Å². The van der Waals surface area contributed by atoms with Crippen LogP contribution in [0.15, 0.2) is 24.3 Å². The molecule has 3 atom stereocenters. The number of nitrogens with zero attached hydrogens (tertiary/aromatic N) is 1. The Balaban J connectivity index is 1.92. The van der Waals surface area contributed by atoms with Crippen molar-refractivity contribution in [2.45, 2.75) is 31.6 Å². The van der Waals surface area contributed by atoms with Gasteiger partial charge in [-0.05, 0) is 25.5 Å². The summed E-state index contributed by atoms with van der Waals surface area (Å²) in [5.41, 5.74) is 0.961. The van der Waals surface area contributed by atoms with E-state index >= 15 is 0 Å². The van der Waals surface area contributed by atoms with Crippen molar-refractivity contribution in [3.05, 3.63) is 24.3 Å². The third-order valence-electron chi connectivity index (χ3n) is 3.39. The lowest BCUT2D eigenvalue weighted by molar-refractivity contribution is -0.118. The van der Waals surface area contributed by atoms with Crippen LogP contribution in [0.3, 0.4) is 0 Å². The minimum atomic E-state index is 0.0555. The van der Waals surface area contributed by atoms with Gasteiger partial charge in [-0.2, -0.15) is 5.26 Å². The Hall–Kier alpha value is -1.77. The fourth-order valence-corrected chi connectivity index (χ4v) is 2.42. The lowest BCUT2D eigenvalue weighted by Gasteiger charge is -2.43. The number of nitriles is 1. The average molecular weight is 276 g/mol. The Morgan fingerprint density at radius 1 is 1.45 bits per heavy atom. The Morgan fingerprint density at radius 3 is 3.00 bits per heavy atom. The van der Waals surface area contributed by atoms with E-state index in [0.29, 0.717) is 12.4 Å². The van der Waals surface area contributed by atoms with Crippen LogP contribution in [0.5, 0.6) is 5.75 Å². The summed E-state index contributed by atoms with van der Waals surface area (Å²) < 4.78 is 16.4. The Kier molecular flexibility index (Phi) is 5.22. The molecular weight excluding hydrogens is 256 g/mol. The molecule has 2 rings (SSSR count). The van der Waals surface area contributed by atoms with Crippen LogP contribution < -0.4 is 10.1 Å². The summed E-state index contributed by atoms with van der Waals surface area (Å²) >= 11 is 0. The van der Waals surface area contributed by atoms with Crippen LogP contribution in [0.1, 0.15) is 13.3 Å². The quantitative estimate of drug-likeness (QED) is 0.827. The van der Waals surface area contributed by atoms with Crippen LogP contribution in [0.4, 0.5) is 5.69 Å². The van der Waals surface area contributed by atoms with Crippen molar-refractivity contribution in [3.8, 4) is 11.8 Å². The minimum Gasteiger partial charge on any atom is -0.479 e. The summed E-state index contributed by atoms with van der Waals surface area (Å²) in [6.07, 6.45) is 1.16. The highest BCUT2D eigenvalue weighted by Crippen LogP contribution is 2.30. The second-order valence-corrected chi connectivity index (χ2v) is 4.66. The van der Waals surface area contributed by atoms with Crippen molar-refractivity contribution < 1.29 is 14.2 Å². The lowest BCUT2D eigenvalue weighted by atomic mass is 9.85. The molecule has 5 heteroatoms. The molecule has 3 unspecified atom stereocenters. The fourth-order valence-electron chi connectivity index (χ4n) is 2.42. The van der Waals surface area contributed by atoms with Crippen molar-refractivity contribution in [2.75, 3.05) is 25.6 Å². The highest BCUT2D eigenvalue weighted by molar-refractivity contribution is 5.49. The molecule has 1 aromatic carbocycles. The number of rotatable bonds is 7. The van der Waals surface area contributed by atoms with E-state index in [1.165, 1.54) is 0 Å². The molecule has 1 fully saturated rings. The first-order valence-corrected chi connectivity index (χ1v) is 6.79. The molecule has 1 saturated carbocycles. The van der Waals surface area contributed by atoms with E-state index in [4.69, 9.17) is 19.5 Å². The molecule has 0 aliphatic heterocycles. The molecule has 0 bridgehead atoms. The van der Waals surface area contributed by atoms with E-state index < -0.39 is 0 Å². The zero-order valence-electron chi connectivity index (χ0n) is 11.8. The number of anilines is 1. The summed E-state index contributed by atoms with van der Waals surface area (Å²) in [7, 11) is 1.71. The predicted octanol–water partition coefficient (Wildman–Crippen LogP) is 2.19. The van der Waals surface area contributed by atoms with Crippen molar-refractivity contribution in [2.24, 2.45) is 0 Å². The van der Waals surface area contributed by atoms with Crippen molar-refractivity contribution in [1.29, 1.82) is 5.26 Å². The van der Waals surface area contributed by atoms with Gasteiger partial charge in [0.25, 0.3) is 0 Å². The maximum Gasteiger partial charge on any atom is 0.174 e. The first-order chi connectivity index (χ1) is 9.78. The molecule has 5 nitrogen and oxygen atoms in total. The number of hydrogen-bond donors (Lipinski definition) is 1. The standard InChI is InChI=1S/C15H20N2O3/c1-3-19-14-10-13(15(14)18-2)17-11-5-4-6-12(9-11)20-8-7-16/h4-6,9,13-15,17H,3,8,10H2,1-2H3. The molecule has 20 heavy (non-hydrogen) atoms. The van der Waals surface area contributed by atoms with Gasteiger partial charge in [0.2, 0.25) is 0 Å². The van der Waals surface area contributed by atoms with Gasteiger partial charge >= 0.3 is 0 Å². The van der Waals surface area contributed by atoms with E-state index in [9.17, 15) is 0 Å². The second-order valence-electron chi connectivity index (χ2n) is 4.66. The zero-order valence-corrected chi connectivity index (χ0v) is 11.8. The average Bonchev–Trinajstić information content (AvgIpc) is 2.45. The summed E-state index contributed by atoms with van der Waals surface area (Å²) in [5.74, 6) is 0.686. The Morgan fingerprint density at radius 2 is 2.30 bits per heavy atom. The smallest absolute Gasteiger partial charge is 0.174 e. The van der Waals surface area contributed by atoms with E-state index in [1.54, 1.807) is 7.11 Å². The third-order valence-corrected chi connectivity index (χ3v) is 3.39. The molecule has 0 spiro atoms. The van der Waals surface area contributed by atoms with E-state index in [-0.39, 0.29) is 24.9 Å². The molecule has 1 aliphatic rings. The first kappa shape index (κ1) is 14.6. The van der Waals surface area contributed by atoms with Gasteiger partial charge in [-0.15, -0.1) is 0 Å². The first-order valence-electron chi connectivity index (χ1n) is 6.79. The van der Waals surface area contributed by atoms with Crippen LogP contribution in [0, 0.1) is 11.3 Å². The fraction of sp³-hybridized carbons (Fsp3) is 0.533. The highest BCUT2D eigenvalue weighted by atomic mass is 16.5. The molecule has 0 amide bonds. The molecular formula is C15H20N2O3. The summed E-state index contributed by atoms with van der Waals surface area (Å²) in [6.45, 7) is 2.75. The Labute approximate surface area is 119 Å². The Bertz CT molecular complexity index is 472. The summed E-state index contributed by atoms with van der Waals surface area (Å²) in [6, 6.07) is 9.79. The summed E-state index contributed by atoms with van der Waals surface area (Å²) in [4.78, 5) is 0. The minimum absolute atomic E-state index is 0.0555. The molecule has 1 aliphatic carbocycles. The molecule has 108 valence electrons. The van der Waals surface area contributed by atoms with Crippen molar-refractivity contribution in [1.82, 2.24) is 0 Å². The zero-order chi connectivity index (χ0) is 14.4. The number of ether oxygens (including phenoxy) is 3. The van der Waals surface area contributed by atoms with Gasteiger partial charge in [-0.1, -0.05) is 6.07 Å². The largest absolute Gasteiger partial charge is 0.479 e. The van der Waals surface area contributed by atoms with Gasteiger partial charge in [-0.3, -0.25) is 0 Å². The van der Waals surface area contributed by atoms with E-state index in [2.05, 4.69) is 5.32 Å². The van der Waals surface area contributed by atoms with Crippen LogP contribution in [0.25, 0.3) is 0 Å². The molecule has 1 N–H and O–H groups in total. The van der Waals surface area contributed by atoms with Crippen LogP contribution in [-0.4, -0.2) is 38.6 Å². The van der Waals surface area contributed by atoms with Crippen molar-refractivity contribution >= 4 is 5.69 Å². The third kappa shape index (κ3) is 3.41. The lowest BCUT2D eigenvalue weighted by Crippen LogP contribution is -2.56. The highest BCUT2D eigenvalue weighted by Gasteiger charge is 2.42. The summed E-state index contributed by atoms with van der Waals surface area (Å²) in [5, 5.41) is 11.9. The monoisotopic (exact) mass is 276 g/mol. The normalized spacial score (nSPS) is 24.6. The van der Waals surface area contributed by atoms with E-state index in [0.717, 1.165) is 12.1 Å². The van der Waals surface area contributed by atoms with Gasteiger partial charge in [0.05, 0.1) is 12.1 Å². The SMILES string of the molecule is CCOC1CC(Nc2cccc(OCC#N)c2)C1OC. The van der Waals surface area contributed by atoms with Gasteiger partial charge in [0.15, 0.2) is 6.61 Å².